The number of carbonyl (C=O) groups is 5. The van der Waals surface area contributed by atoms with Crippen LogP contribution in [0.3, 0.4) is 0 Å². The van der Waals surface area contributed by atoms with E-state index in [1.165, 1.54) is 6.08 Å². The third-order valence-electron chi connectivity index (χ3n) is 9.13. The molecular formula is C32H45N5O5. The van der Waals surface area contributed by atoms with Gasteiger partial charge in [0.2, 0.25) is 17.6 Å². The molecule has 1 aromatic carbocycles. The Labute approximate surface area is 248 Å². The molecule has 0 bridgehead atoms. The maximum absolute atomic E-state index is 14.3. The lowest BCUT2D eigenvalue weighted by molar-refractivity contribution is -0.144. The van der Waals surface area contributed by atoms with E-state index in [-0.39, 0.29) is 41.7 Å². The predicted octanol–water partition coefficient (Wildman–Crippen LogP) is 2.12. The lowest BCUT2D eigenvalue weighted by Crippen LogP contribution is -2.60. The Morgan fingerprint density at radius 1 is 1.05 bits per heavy atom. The van der Waals surface area contributed by atoms with Gasteiger partial charge in [-0.2, -0.15) is 0 Å². The third-order valence-corrected chi connectivity index (χ3v) is 9.13. The minimum atomic E-state index is -1.000. The molecule has 0 radical (unpaired) electrons. The molecule has 228 valence electrons. The van der Waals surface area contributed by atoms with E-state index in [0.717, 1.165) is 11.1 Å². The number of likely N-dealkylation sites (tertiary alicyclic amines) is 1. The summed E-state index contributed by atoms with van der Waals surface area (Å²) in [7, 11) is 0. The molecule has 10 nitrogen and oxygen atoms in total. The molecule has 1 aromatic rings. The number of amides is 5. The van der Waals surface area contributed by atoms with Gasteiger partial charge in [-0.1, -0.05) is 57.5 Å². The van der Waals surface area contributed by atoms with Crippen molar-refractivity contribution in [3.05, 3.63) is 48.0 Å². The van der Waals surface area contributed by atoms with Crippen molar-refractivity contribution < 1.29 is 24.0 Å². The molecule has 1 saturated heterocycles. The van der Waals surface area contributed by atoms with Crippen LogP contribution in [-0.2, 0) is 32.0 Å². The van der Waals surface area contributed by atoms with Gasteiger partial charge in [-0.3, -0.25) is 19.2 Å². The first kappa shape index (κ1) is 31.3. The molecule has 4 rings (SSSR count). The quantitative estimate of drug-likeness (QED) is 0.222. The summed E-state index contributed by atoms with van der Waals surface area (Å²) in [4.78, 5) is 68.0. The van der Waals surface area contributed by atoms with E-state index >= 15 is 0 Å². The van der Waals surface area contributed by atoms with Crippen LogP contribution in [0.25, 0.3) is 0 Å². The first-order valence-corrected chi connectivity index (χ1v) is 15.1. The maximum Gasteiger partial charge on any atom is 0.315 e. The molecule has 4 N–H and O–H groups in total. The van der Waals surface area contributed by atoms with Crippen molar-refractivity contribution in [3.8, 4) is 0 Å². The minimum Gasteiger partial charge on any atom is -0.346 e. The molecule has 42 heavy (non-hydrogen) atoms. The second-order valence-electron chi connectivity index (χ2n) is 12.8. The zero-order chi connectivity index (χ0) is 30.8. The highest BCUT2D eigenvalue weighted by atomic mass is 16.2. The molecule has 3 unspecified atom stereocenters. The monoisotopic (exact) mass is 579 g/mol. The third kappa shape index (κ3) is 6.37. The standard InChI is InChI=1S/C32H45N5O5/c1-7-11-23(27(38)29(40)33-14-8-2)35-28(39)26-24-22(32(24,5)6)17-37(26)30(41)25(36-31(42)34-18(3)4)21-15-19-12-9-10-13-20(19)16-21/h8-10,12-13,18,21-26H,2,7,11,14-17H2,1,3-6H3,(H,33,40)(H,35,39)(H2,34,36,42)/t22?,23?,24?,25-,26-/m0/s1. The first-order valence-electron chi connectivity index (χ1n) is 15.1. The van der Waals surface area contributed by atoms with Crippen molar-refractivity contribution in [2.24, 2.45) is 23.2 Å². The number of nitrogens with zero attached hydrogens (tertiary/aromatic N) is 1. The van der Waals surface area contributed by atoms with Crippen molar-refractivity contribution >= 4 is 29.5 Å². The highest BCUT2D eigenvalue weighted by Gasteiger charge is 2.69. The van der Waals surface area contributed by atoms with Crippen LogP contribution in [-0.4, -0.2) is 71.7 Å². The summed E-state index contributed by atoms with van der Waals surface area (Å²) in [5.41, 5.74) is 2.16. The van der Waals surface area contributed by atoms with Gasteiger partial charge in [-0.15, -0.1) is 6.58 Å². The van der Waals surface area contributed by atoms with E-state index in [4.69, 9.17) is 0 Å². The van der Waals surface area contributed by atoms with Crippen LogP contribution in [0.4, 0.5) is 4.79 Å². The fourth-order valence-electron chi connectivity index (χ4n) is 6.87. The Kier molecular flexibility index (Phi) is 9.43. The lowest BCUT2D eigenvalue weighted by Gasteiger charge is -2.35. The molecule has 1 aliphatic heterocycles. The molecule has 2 fully saturated rings. The number of rotatable bonds is 12. The van der Waals surface area contributed by atoms with Gasteiger partial charge in [0, 0.05) is 19.1 Å². The smallest absolute Gasteiger partial charge is 0.315 e. The normalized spacial score (nSPS) is 23.3. The van der Waals surface area contributed by atoms with Gasteiger partial charge in [0.15, 0.2) is 0 Å². The van der Waals surface area contributed by atoms with Crippen molar-refractivity contribution in [1.29, 1.82) is 0 Å². The Morgan fingerprint density at radius 2 is 1.69 bits per heavy atom. The van der Waals surface area contributed by atoms with E-state index in [9.17, 15) is 24.0 Å². The molecule has 5 atom stereocenters. The summed E-state index contributed by atoms with van der Waals surface area (Å²) in [6.07, 6.45) is 3.64. The number of piperidine rings is 1. The van der Waals surface area contributed by atoms with Gasteiger partial charge in [0.05, 0.1) is 6.04 Å². The second kappa shape index (κ2) is 12.7. The topological polar surface area (TPSA) is 137 Å². The van der Waals surface area contributed by atoms with Crippen LogP contribution in [0, 0.1) is 23.2 Å². The lowest BCUT2D eigenvalue weighted by atomic mass is 9.93. The van der Waals surface area contributed by atoms with Gasteiger partial charge in [0.25, 0.3) is 5.91 Å². The molecule has 0 spiro atoms. The molecule has 1 heterocycles. The van der Waals surface area contributed by atoms with Crippen LogP contribution < -0.4 is 21.3 Å². The number of ketones is 1. The zero-order valence-electron chi connectivity index (χ0n) is 25.4. The number of hydrogen-bond donors (Lipinski definition) is 4. The number of fused-ring (bicyclic) bond motifs is 2. The van der Waals surface area contributed by atoms with Gasteiger partial charge >= 0.3 is 6.03 Å². The zero-order valence-corrected chi connectivity index (χ0v) is 25.4. The maximum atomic E-state index is 14.3. The molecule has 10 heteroatoms. The fraction of sp³-hybridized carbons (Fsp3) is 0.594. The largest absolute Gasteiger partial charge is 0.346 e. The van der Waals surface area contributed by atoms with Crippen LogP contribution in [0.15, 0.2) is 36.9 Å². The van der Waals surface area contributed by atoms with E-state index in [2.05, 4.69) is 41.7 Å². The van der Waals surface area contributed by atoms with Crippen LogP contribution in [0.1, 0.15) is 58.6 Å². The van der Waals surface area contributed by atoms with Crippen LogP contribution >= 0.6 is 0 Å². The summed E-state index contributed by atoms with van der Waals surface area (Å²) >= 11 is 0. The van der Waals surface area contributed by atoms with Crippen molar-refractivity contribution in [3.63, 3.8) is 0 Å². The van der Waals surface area contributed by atoms with Crippen molar-refractivity contribution in [1.82, 2.24) is 26.2 Å². The number of nitrogens with one attached hydrogen (secondary N) is 4. The molecular weight excluding hydrogens is 534 g/mol. The predicted molar refractivity (Wildman–Crippen MR) is 159 cm³/mol. The number of urea groups is 1. The average Bonchev–Trinajstić information content (AvgIpc) is 3.31. The van der Waals surface area contributed by atoms with Gasteiger partial charge < -0.3 is 26.2 Å². The van der Waals surface area contributed by atoms with E-state index in [1.807, 2.05) is 45.0 Å². The van der Waals surface area contributed by atoms with Gasteiger partial charge in [-0.25, -0.2) is 4.79 Å². The summed E-state index contributed by atoms with van der Waals surface area (Å²) in [6, 6.07) is 4.86. The first-order chi connectivity index (χ1) is 19.9. The molecule has 1 saturated carbocycles. The second-order valence-corrected chi connectivity index (χ2v) is 12.8. The molecule has 3 aliphatic rings. The Balaban J connectivity index is 1.58. The SMILES string of the molecule is C=CCNC(=O)C(=O)C(CCC)NC(=O)[C@@H]1C2C(CN1C(=O)[C@@H](NC(=O)NC(C)C)C1Cc3ccccc3C1)C2(C)C. The summed E-state index contributed by atoms with van der Waals surface area (Å²) in [5.74, 6) is -2.35. The summed E-state index contributed by atoms with van der Waals surface area (Å²) < 4.78 is 0. The number of benzene rings is 1. The molecule has 0 aromatic heterocycles. The van der Waals surface area contributed by atoms with Crippen LogP contribution in [0.2, 0.25) is 0 Å². The van der Waals surface area contributed by atoms with Gasteiger partial charge in [0.1, 0.15) is 12.1 Å². The number of Topliss-reactive ketones (excluding diaryl/α,β-unsaturated/α-hetero) is 1. The molecule has 5 amide bonds. The Hall–Kier alpha value is -3.69. The Bertz CT molecular complexity index is 1220. The average molecular weight is 580 g/mol. The van der Waals surface area contributed by atoms with Crippen molar-refractivity contribution in [2.75, 3.05) is 13.1 Å². The number of hydrogen-bond acceptors (Lipinski definition) is 5. The highest BCUT2D eigenvalue weighted by Crippen LogP contribution is 2.65. The van der Waals surface area contributed by atoms with E-state index in [1.54, 1.807) is 4.90 Å². The van der Waals surface area contributed by atoms with Gasteiger partial charge in [-0.05, 0) is 67.4 Å². The van der Waals surface area contributed by atoms with Crippen LogP contribution in [0.5, 0.6) is 0 Å². The minimum absolute atomic E-state index is 0.0839. The van der Waals surface area contributed by atoms with E-state index in [0.29, 0.717) is 32.2 Å². The summed E-state index contributed by atoms with van der Waals surface area (Å²) in [6.45, 7) is 13.8. The fourth-order valence-corrected chi connectivity index (χ4v) is 6.87. The number of carbonyl (C=O) groups excluding carboxylic acids is 5. The summed E-state index contributed by atoms with van der Waals surface area (Å²) in [5, 5.41) is 11.1. The highest BCUT2D eigenvalue weighted by molar-refractivity contribution is 6.38. The Morgan fingerprint density at radius 3 is 2.26 bits per heavy atom. The van der Waals surface area contributed by atoms with E-state index < -0.39 is 41.8 Å². The van der Waals surface area contributed by atoms with Crippen molar-refractivity contribution in [2.45, 2.75) is 84.5 Å². The molecule has 2 aliphatic carbocycles.